The number of benzene rings is 2. The van der Waals surface area contributed by atoms with Gasteiger partial charge in [0.15, 0.2) is 11.4 Å². The quantitative estimate of drug-likeness (QED) is 0.784. The average Bonchev–Trinajstić information content (AvgIpc) is 2.67. The molecule has 2 aromatic carbocycles. The summed E-state index contributed by atoms with van der Waals surface area (Å²) in [6, 6.07) is 12.6. The number of ketones is 1. The predicted octanol–water partition coefficient (Wildman–Crippen LogP) is 3.30. The van der Waals surface area contributed by atoms with Crippen LogP contribution < -0.4 is 15.4 Å². The van der Waals surface area contributed by atoms with Crippen molar-refractivity contribution >= 4 is 17.6 Å². The summed E-state index contributed by atoms with van der Waals surface area (Å²) in [5, 5.41) is 9.33. The Hall–Kier alpha value is -3.27. The fourth-order valence-corrected chi connectivity index (χ4v) is 3.38. The maximum absolute atomic E-state index is 12.3. The number of Topliss-reactive ketones (excluding diaryl/α,β-unsaturated/α-hetero) is 1. The van der Waals surface area contributed by atoms with E-state index in [9.17, 15) is 27.9 Å². The lowest BCUT2D eigenvalue weighted by Crippen LogP contribution is -2.72. The Labute approximate surface area is 170 Å². The van der Waals surface area contributed by atoms with Gasteiger partial charge in [-0.15, -0.1) is 13.2 Å². The van der Waals surface area contributed by atoms with Crippen molar-refractivity contribution in [2.24, 2.45) is 5.73 Å². The van der Waals surface area contributed by atoms with Gasteiger partial charge < -0.3 is 20.5 Å². The molecule has 1 unspecified atom stereocenters. The summed E-state index contributed by atoms with van der Waals surface area (Å²) in [5.41, 5.74) is 6.69. The number of hydrogen-bond donors (Lipinski definition) is 2. The van der Waals surface area contributed by atoms with E-state index in [2.05, 4.69) is 4.74 Å². The molecule has 0 radical (unpaired) electrons. The molecule has 1 aliphatic rings. The van der Waals surface area contributed by atoms with Gasteiger partial charge in [0.2, 0.25) is 0 Å². The first-order valence-electron chi connectivity index (χ1n) is 9.01. The number of carbonyl (C=O) groups excluding carboxylic acids is 1. The lowest BCUT2D eigenvalue weighted by Gasteiger charge is -2.46. The van der Waals surface area contributed by atoms with Crippen LogP contribution in [0.2, 0.25) is 0 Å². The van der Waals surface area contributed by atoms with Crippen molar-refractivity contribution in [3.63, 3.8) is 0 Å². The summed E-state index contributed by atoms with van der Waals surface area (Å²) in [5.74, 6) is -0.755. The van der Waals surface area contributed by atoms with Gasteiger partial charge in [-0.25, -0.2) is 4.79 Å². The standard InChI is InChI=1S/C20H20F3N3O4/c1-13(27)19(24)12-25(10-11-26(19)18(28)29)16-6-2-14(3-7-16)15-4-8-17(9-5-15)30-20(21,22)23/h2-9H,10-12,24H2,1H3,(H,28,29). The molecule has 1 fully saturated rings. The molecule has 160 valence electrons. The Morgan fingerprint density at radius 3 is 2.03 bits per heavy atom. The molecule has 3 N–H and O–H groups in total. The fourth-order valence-electron chi connectivity index (χ4n) is 3.38. The first-order valence-corrected chi connectivity index (χ1v) is 9.01. The highest BCUT2D eigenvalue weighted by Crippen LogP contribution is 2.29. The minimum absolute atomic E-state index is 0.0114. The molecule has 1 aliphatic heterocycles. The van der Waals surface area contributed by atoms with Crippen molar-refractivity contribution in [1.29, 1.82) is 0 Å². The molecule has 0 aromatic heterocycles. The predicted molar refractivity (Wildman–Crippen MR) is 103 cm³/mol. The number of halogens is 3. The van der Waals surface area contributed by atoms with Gasteiger partial charge in [0.1, 0.15) is 5.75 Å². The Bertz CT molecular complexity index is 932. The third-order valence-electron chi connectivity index (χ3n) is 5.00. The zero-order chi connectivity index (χ0) is 22.1. The first kappa shape index (κ1) is 21.4. The van der Waals surface area contributed by atoms with Gasteiger partial charge in [-0.2, -0.15) is 0 Å². The number of anilines is 1. The van der Waals surface area contributed by atoms with E-state index in [4.69, 9.17) is 5.73 Å². The van der Waals surface area contributed by atoms with E-state index in [1.165, 1.54) is 31.2 Å². The van der Waals surface area contributed by atoms with Crippen LogP contribution in [0.4, 0.5) is 23.7 Å². The second-order valence-corrected chi connectivity index (χ2v) is 6.96. The van der Waals surface area contributed by atoms with Crippen molar-refractivity contribution in [1.82, 2.24) is 4.90 Å². The molecule has 0 aliphatic carbocycles. The second kappa shape index (κ2) is 7.86. The highest BCUT2D eigenvalue weighted by molar-refractivity contribution is 5.90. The third kappa shape index (κ3) is 4.48. The van der Waals surface area contributed by atoms with Gasteiger partial charge in [0, 0.05) is 18.8 Å². The molecule has 30 heavy (non-hydrogen) atoms. The summed E-state index contributed by atoms with van der Waals surface area (Å²) < 4.78 is 40.7. The summed E-state index contributed by atoms with van der Waals surface area (Å²) in [6.07, 6.45) is -5.99. The van der Waals surface area contributed by atoms with Gasteiger partial charge in [0.25, 0.3) is 0 Å². The second-order valence-electron chi connectivity index (χ2n) is 6.96. The normalized spacial score (nSPS) is 19.5. The van der Waals surface area contributed by atoms with Crippen LogP contribution in [0.25, 0.3) is 11.1 Å². The van der Waals surface area contributed by atoms with Crippen LogP contribution in [0.3, 0.4) is 0 Å². The van der Waals surface area contributed by atoms with E-state index in [1.54, 1.807) is 24.3 Å². The maximum Gasteiger partial charge on any atom is 0.573 e. The maximum atomic E-state index is 12.3. The van der Waals surface area contributed by atoms with Gasteiger partial charge in [-0.3, -0.25) is 9.69 Å². The van der Waals surface area contributed by atoms with Crippen LogP contribution in [-0.2, 0) is 4.79 Å². The summed E-state index contributed by atoms with van der Waals surface area (Å²) in [6.45, 7) is 1.71. The minimum atomic E-state index is -4.74. The number of piperazine rings is 1. The van der Waals surface area contributed by atoms with Crippen LogP contribution in [0, 0.1) is 0 Å². The van der Waals surface area contributed by atoms with Crippen molar-refractivity contribution in [2.75, 3.05) is 24.5 Å². The third-order valence-corrected chi connectivity index (χ3v) is 5.00. The van der Waals surface area contributed by atoms with Gasteiger partial charge in [-0.05, 0) is 42.3 Å². The summed E-state index contributed by atoms with van der Waals surface area (Å²) >= 11 is 0. The number of carboxylic acid groups (broad SMARTS) is 1. The smallest absolute Gasteiger partial charge is 0.465 e. The molecular weight excluding hydrogens is 403 g/mol. The van der Waals surface area contributed by atoms with Crippen molar-refractivity contribution in [3.05, 3.63) is 48.5 Å². The van der Waals surface area contributed by atoms with Crippen LogP contribution in [0.1, 0.15) is 6.92 Å². The van der Waals surface area contributed by atoms with Gasteiger partial charge >= 0.3 is 12.5 Å². The molecule has 0 spiro atoms. The molecule has 1 atom stereocenters. The number of ether oxygens (including phenoxy) is 1. The van der Waals surface area contributed by atoms with Crippen molar-refractivity contribution in [3.8, 4) is 16.9 Å². The number of carbonyl (C=O) groups is 2. The van der Waals surface area contributed by atoms with Crippen LogP contribution in [-0.4, -0.2) is 53.5 Å². The lowest BCUT2D eigenvalue weighted by atomic mass is 10.00. The number of alkyl halides is 3. The molecule has 7 nitrogen and oxygen atoms in total. The van der Waals surface area contributed by atoms with E-state index < -0.39 is 23.9 Å². The summed E-state index contributed by atoms with van der Waals surface area (Å²) in [4.78, 5) is 26.2. The molecule has 1 saturated heterocycles. The topological polar surface area (TPSA) is 96.1 Å². The molecule has 2 aromatic rings. The van der Waals surface area contributed by atoms with E-state index in [0.717, 1.165) is 16.2 Å². The Kier molecular flexibility index (Phi) is 5.62. The van der Waals surface area contributed by atoms with Crippen LogP contribution >= 0.6 is 0 Å². The molecule has 0 bridgehead atoms. The first-order chi connectivity index (χ1) is 14.0. The molecule has 1 heterocycles. The Morgan fingerprint density at radius 1 is 1.03 bits per heavy atom. The van der Waals surface area contributed by atoms with Gasteiger partial charge in [0.05, 0.1) is 6.54 Å². The van der Waals surface area contributed by atoms with Crippen LogP contribution in [0.5, 0.6) is 5.75 Å². The number of rotatable bonds is 4. The van der Waals surface area contributed by atoms with E-state index >= 15 is 0 Å². The molecule has 3 rings (SSSR count). The molecular formula is C20H20F3N3O4. The zero-order valence-electron chi connectivity index (χ0n) is 16.0. The monoisotopic (exact) mass is 423 g/mol. The number of nitrogens with two attached hydrogens (primary N) is 1. The number of nitrogens with zero attached hydrogens (tertiary/aromatic N) is 2. The number of hydrogen-bond acceptors (Lipinski definition) is 5. The molecule has 1 amide bonds. The van der Waals surface area contributed by atoms with E-state index in [-0.39, 0.29) is 18.8 Å². The highest BCUT2D eigenvalue weighted by atomic mass is 19.4. The zero-order valence-corrected chi connectivity index (χ0v) is 16.0. The minimum Gasteiger partial charge on any atom is -0.465 e. The van der Waals surface area contributed by atoms with Crippen LogP contribution in [0.15, 0.2) is 48.5 Å². The Balaban J connectivity index is 1.76. The van der Waals surface area contributed by atoms with Crippen molar-refractivity contribution in [2.45, 2.75) is 18.9 Å². The SMILES string of the molecule is CC(=O)C1(N)CN(c2ccc(-c3ccc(OC(F)(F)F)cc3)cc2)CCN1C(=O)O. The average molecular weight is 423 g/mol. The molecule has 10 heteroatoms. The lowest BCUT2D eigenvalue weighted by molar-refractivity contribution is -0.274. The Morgan fingerprint density at radius 2 is 1.57 bits per heavy atom. The van der Waals surface area contributed by atoms with E-state index in [1.807, 2.05) is 4.90 Å². The van der Waals surface area contributed by atoms with E-state index in [0.29, 0.717) is 12.1 Å². The fraction of sp³-hybridized carbons (Fsp3) is 0.300. The largest absolute Gasteiger partial charge is 0.573 e. The summed E-state index contributed by atoms with van der Waals surface area (Å²) in [7, 11) is 0. The highest BCUT2D eigenvalue weighted by Gasteiger charge is 2.45. The van der Waals surface area contributed by atoms with Crippen molar-refractivity contribution < 1.29 is 32.6 Å². The number of amides is 1. The van der Waals surface area contributed by atoms with Gasteiger partial charge in [-0.1, -0.05) is 24.3 Å². The molecule has 0 saturated carbocycles.